The van der Waals surface area contributed by atoms with Gasteiger partial charge in [0, 0.05) is 11.8 Å². The molecular formula is C27H24BF6N. The largest absolute Gasteiger partial charge is 0.416 e. The fourth-order valence-electron chi connectivity index (χ4n) is 6.01. The first-order chi connectivity index (χ1) is 16.6. The summed E-state index contributed by atoms with van der Waals surface area (Å²) in [4.78, 5) is 4.53. The molecule has 0 aliphatic carbocycles. The summed E-state index contributed by atoms with van der Waals surface area (Å²) >= 11 is 0. The van der Waals surface area contributed by atoms with Gasteiger partial charge in [-0.25, -0.2) is 0 Å². The van der Waals surface area contributed by atoms with E-state index in [4.69, 9.17) is 0 Å². The van der Waals surface area contributed by atoms with Gasteiger partial charge in [0.15, 0.2) is 6.71 Å². The molecule has 0 unspecified atom stereocenters. The molecule has 8 heteroatoms. The Morgan fingerprint density at radius 2 is 1.20 bits per heavy atom. The molecule has 5 rings (SSSR count). The number of rotatable bonds is 3. The molecule has 2 fully saturated rings. The van der Waals surface area contributed by atoms with Gasteiger partial charge in [0.25, 0.3) is 0 Å². The zero-order valence-electron chi connectivity index (χ0n) is 19.0. The highest BCUT2D eigenvalue weighted by Gasteiger charge is 2.42. The number of hydrogen-bond acceptors (Lipinski definition) is 1. The average Bonchev–Trinajstić information content (AvgIpc) is 2.82. The van der Waals surface area contributed by atoms with Gasteiger partial charge in [0.05, 0.1) is 16.8 Å². The molecule has 0 amide bonds. The smallest absolute Gasteiger partial charge is 0.256 e. The molecule has 3 aromatic rings. The fraction of sp³-hybridized carbons (Fsp3) is 0.370. The first-order valence-corrected chi connectivity index (χ1v) is 12.0. The molecule has 35 heavy (non-hydrogen) atoms. The summed E-state index contributed by atoms with van der Waals surface area (Å²) < 4.78 is 79.4. The fourth-order valence-corrected chi connectivity index (χ4v) is 6.01. The van der Waals surface area contributed by atoms with Crippen LogP contribution in [-0.2, 0) is 12.4 Å². The van der Waals surface area contributed by atoms with Crippen molar-refractivity contribution in [1.82, 2.24) is 4.98 Å². The summed E-state index contributed by atoms with van der Waals surface area (Å²) in [6, 6.07) is 12.3. The van der Waals surface area contributed by atoms with Crippen molar-refractivity contribution in [2.45, 2.75) is 62.5 Å². The van der Waals surface area contributed by atoms with Gasteiger partial charge in [-0.05, 0) is 35.4 Å². The Morgan fingerprint density at radius 1 is 0.657 bits per heavy atom. The number of halogens is 6. The topological polar surface area (TPSA) is 12.9 Å². The Morgan fingerprint density at radius 3 is 1.71 bits per heavy atom. The molecule has 0 atom stereocenters. The van der Waals surface area contributed by atoms with Crippen LogP contribution < -0.4 is 5.46 Å². The van der Waals surface area contributed by atoms with Gasteiger partial charge < -0.3 is 0 Å². The van der Waals surface area contributed by atoms with E-state index in [2.05, 4.69) is 4.98 Å². The van der Waals surface area contributed by atoms with Gasteiger partial charge in [-0.1, -0.05) is 86.0 Å². The van der Waals surface area contributed by atoms with Crippen LogP contribution in [0.25, 0.3) is 22.4 Å². The third-order valence-electron chi connectivity index (χ3n) is 7.64. The molecule has 2 aliphatic rings. The van der Waals surface area contributed by atoms with Gasteiger partial charge in [-0.2, -0.15) is 26.3 Å². The number of benzene rings is 2. The van der Waals surface area contributed by atoms with Crippen LogP contribution in [0.15, 0.2) is 60.8 Å². The maximum absolute atomic E-state index is 13.6. The van der Waals surface area contributed by atoms with E-state index >= 15 is 0 Å². The molecular weight excluding hydrogens is 463 g/mol. The minimum Gasteiger partial charge on any atom is -0.256 e. The highest BCUT2D eigenvalue weighted by molar-refractivity contribution is 6.77. The summed E-state index contributed by atoms with van der Waals surface area (Å²) in [5.41, 5.74) is 1.88. The molecule has 0 saturated carbocycles. The van der Waals surface area contributed by atoms with Crippen molar-refractivity contribution in [1.29, 1.82) is 0 Å². The summed E-state index contributed by atoms with van der Waals surface area (Å²) in [5, 5.41) is 0. The molecule has 2 saturated heterocycles. The van der Waals surface area contributed by atoms with Crippen molar-refractivity contribution >= 4 is 12.2 Å². The number of pyridine rings is 1. The van der Waals surface area contributed by atoms with Crippen molar-refractivity contribution in [3.8, 4) is 22.4 Å². The molecule has 0 radical (unpaired) electrons. The van der Waals surface area contributed by atoms with E-state index in [0.717, 1.165) is 62.2 Å². The van der Waals surface area contributed by atoms with Gasteiger partial charge in [0.2, 0.25) is 0 Å². The highest BCUT2D eigenvalue weighted by Crippen LogP contribution is 2.47. The van der Waals surface area contributed by atoms with Crippen LogP contribution >= 0.6 is 0 Å². The number of nitrogens with zero attached hydrogens (tertiary/aromatic N) is 1. The normalized spacial score (nSPS) is 20.7. The molecule has 3 heterocycles. The monoisotopic (exact) mass is 487 g/mol. The Balaban J connectivity index is 1.52. The molecule has 1 aromatic heterocycles. The number of hydrogen-bond donors (Lipinski definition) is 0. The first kappa shape index (κ1) is 24.0. The Bertz CT molecular complexity index is 1160. The molecule has 2 bridgehead atoms. The van der Waals surface area contributed by atoms with E-state index in [1.54, 1.807) is 18.3 Å². The van der Waals surface area contributed by atoms with Crippen LogP contribution in [0, 0.1) is 0 Å². The van der Waals surface area contributed by atoms with Gasteiger partial charge in [-0.3, -0.25) is 4.98 Å². The van der Waals surface area contributed by atoms with Crippen molar-refractivity contribution in [3.05, 3.63) is 71.9 Å². The molecule has 0 spiro atoms. The molecule has 2 aliphatic heterocycles. The minimum atomic E-state index is -4.42. The van der Waals surface area contributed by atoms with Crippen LogP contribution in [-0.4, -0.2) is 11.7 Å². The average molecular weight is 487 g/mol. The predicted octanol–water partition coefficient (Wildman–Crippen LogP) is 8.26. The lowest BCUT2D eigenvalue weighted by Crippen LogP contribution is -2.45. The second kappa shape index (κ2) is 9.03. The predicted molar refractivity (Wildman–Crippen MR) is 126 cm³/mol. The van der Waals surface area contributed by atoms with Crippen molar-refractivity contribution in [3.63, 3.8) is 0 Å². The highest BCUT2D eigenvalue weighted by atomic mass is 19.4. The molecule has 0 N–H and O–H groups in total. The lowest BCUT2D eigenvalue weighted by Gasteiger charge is -2.41. The van der Waals surface area contributed by atoms with Gasteiger partial charge >= 0.3 is 12.4 Å². The second-order valence-electron chi connectivity index (χ2n) is 9.71. The first-order valence-electron chi connectivity index (χ1n) is 12.0. The zero-order valence-corrected chi connectivity index (χ0v) is 19.0. The zero-order chi connectivity index (χ0) is 24.8. The maximum atomic E-state index is 13.6. The minimum absolute atomic E-state index is 0.0891. The van der Waals surface area contributed by atoms with E-state index in [9.17, 15) is 26.3 Å². The summed E-state index contributed by atoms with van der Waals surface area (Å²) in [6.45, 7) is 0.0891. The van der Waals surface area contributed by atoms with Gasteiger partial charge in [0.1, 0.15) is 0 Å². The summed E-state index contributed by atoms with van der Waals surface area (Å²) in [5.74, 6) is 0.771. The Labute approximate surface area is 200 Å². The van der Waals surface area contributed by atoms with E-state index in [0.29, 0.717) is 34.0 Å². The SMILES string of the molecule is FC(F)(F)c1ccc(-c2ccc(-c3ccc(C(F)(F)F)cc3B3C4CCCC3CCC4)nc2)cc1. The standard InChI is InChI=1S/C27H24BF6N/c29-26(30,31)19-10-7-17(8-11-19)18-9-14-25(35-16-18)23-13-12-20(27(32,33)34)15-24(23)28-21-3-1-4-22(28)6-2-5-21/h7-16,21-22H,1-6H2. The van der Waals surface area contributed by atoms with E-state index in [1.165, 1.54) is 24.3 Å². The Hall–Kier alpha value is -2.77. The van der Waals surface area contributed by atoms with E-state index in [1.807, 2.05) is 0 Å². The number of alkyl halides is 6. The van der Waals surface area contributed by atoms with Crippen LogP contribution in [0.5, 0.6) is 0 Å². The van der Waals surface area contributed by atoms with Crippen molar-refractivity contribution < 1.29 is 26.3 Å². The van der Waals surface area contributed by atoms with Crippen molar-refractivity contribution in [2.75, 3.05) is 0 Å². The second-order valence-corrected chi connectivity index (χ2v) is 9.71. The third-order valence-corrected chi connectivity index (χ3v) is 7.64. The van der Waals surface area contributed by atoms with Gasteiger partial charge in [-0.15, -0.1) is 0 Å². The van der Waals surface area contributed by atoms with Crippen molar-refractivity contribution in [2.24, 2.45) is 0 Å². The molecule has 1 nitrogen and oxygen atoms in total. The van der Waals surface area contributed by atoms with Crippen LogP contribution in [0.2, 0.25) is 11.6 Å². The van der Waals surface area contributed by atoms with Crippen LogP contribution in [0.4, 0.5) is 26.3 Å². The number of aromatic nitrogens is 1. The summed E-state index contributed by atoms with van der Waals surface area (Å²) in [6.07, 6.45) is -0.849. The van der Waals surface area contributed by atoms with E-state index < -0.39 is 23.5 Å². The molecule has 2 aromatic carbocycles. The van der Waals surface area contributed by atoms with E-state index in [-0.39, 0.29) is 6.71 Å². The number of fused-ring (bicyclic) bond motifs is 2. The lowest BCUT2D eigenvalue weighted by molar-refractivity contribution is -0.138. The summed E-state index contributed by atoms with van der Waals surface area (Å²) in [7, 11) is 0. The Kier molecular flexibility index (Phi) is 6.18. The lowest BCUT2D eigenvalue weighted by atomic mass is 9.24. The van der Waals surface area contributed by atoms with Crippen LogP contribution in [0.3, 0.4) is 0 Å². The van der Waals surface area contributed by atoms with Crippen LogP contribution in [0.1, 0.15) is 49.7 Å². The molecule has 182 valence electrons. The maximum Gasteiger partial charge on any atom is 0.416 e. The third kappa shape index (κ3) is 4.84. The quantitative estimate of drug-likeness (QED) is 0.268.